The summed E-state index contributed by atoms with van der Waals surface area (Å²) in [6, 6.07) is 44.1. The van der Waals surface area contributed by atoms with Crippen LogP contribution in [0.1, 0.15) is 23.6 Å². The molecule has 0 amide bonds. The fourth-order valence-electron chi connectivity index (χ4n) is 6.07. The van der Waals surface area contributed by atoms with E-state index >= 15 is 0 Å². The van der Waals surface area contributed by atoms with Gasteiger partial charge in [-0.15, -0.1) is 0 Å². The number of hydrogen-bond acceptors (Lipinski definition) is 6. The number of anilines is 1. The number of rotatable bonds is 7. The Hall–Kier alpha value is -5.79. The minimum absolute atomic E-state index is 0.242. The smallest absolute Gasteiger partial charge is 0.247 e. The molecule has 0 unspecified atom stereocenters. The van der Waals surface area contributed by atoms with Crippen LogP contribution in [0.3, 0.4) is 0 Å². The summed E-state index contributed by atoms with van der Waals surface area (Å²) in [6.45, 7) is 0. The van der Waals surface area contributed by atoms with E-state index in [1.54, 1.807) is 7.11 Å². The van der Waals surface area contributed by atoms with Crippen molar-refractivity contribution in [3.63, 3.8) is 0 Å². The highest BCUT2D eigenvalue weighted by atomic mass is 35.5. The van der Waals surface area contributed by atoms with Crippen molar-refractivity contribution in [2.45, 2.75) is 12.5 Å². The van der Waals surface area contributed by atoms with Crippen LogP contribution in [0.2, 0.25) is 5.02 Å². The Kier molecular flexibility index (Phi) is 7.44. The van der Waals surface area contributed by atoms with Crippen molar-refractivity contribution in [2.75, 3.05) is 12.1 Å². The van der Waals surface area contributed by atoms with Crippen molar-refractivity contribution in [1.82, 2.24) is 19.7 Å². The fraction of sp³-hybridized carbons (Fsp3) is 0.0769. The predicted molar refractivity (Wildman–Crippen MR) is 188 cm³/mol. The van der Waals surface area contributed by atoms with Crippen molar-refractivity contribution in [2.24, 2.45) is 5.10 Å². The van der Waals surface area contributed by atoms with Gasteiger partial charge in [-0.2, -0.15) is 10.2 Å². The molecule has 8 heteroatoms. The Labute approximate surface area is 277 Å². The van der Waals surface area contributed by atoms with E-state index in [4.69, 9.17) is 36.5 Å². The number of fused-ring (bicyclic) bond motifs is 1. The van der Waals surface area contributed by atoms with Gasteiger partial charge in [-0.25, -0.2) is 19.7 Å². The Balaban J connectivity index is 1.33. The molecule has 0 fully saturated rings. The van der Waals surface area contributed by atoms with E-state index in [0.29, 0.717) is 17.4 Å². The SMILES string of the molecule is COc1ccc(C2=NN(c3nc(-c4ccccc4)c4cc(Cl)ccc4n3)[C@H](c3cn(-c4ccccc4)nc3-c3ccccc3)C2)cc1. The Morgan fingerprint density at radius 2 is 1.36 bits per heavy atom. The molecular weight excluding hydrogens is 604 g/mol. The second-order valence-corrected chi connectivity index (χ2v) is 11.8. The highest BCUT2D eigenvalue weighted by Crippen LogP contribution is 2.41. The Morgan fingerprint density at radius 3 is 2.04 bits per heavy atom. The zero-order valence-electron chi connectivity index (χ0n) is 25.5. The van der Waals surface area contributed by atoms with Crippen LogP contribution in [-0.4, -0.2) is 32.6 Å². The third-order valence-corrected chi connectivity index (χ3v) is 8.64. The lowest BCUT2D eigenvalue weighted by atomic mass is 9.96. The molecule has 1 aliphatic heterocycles. The maximum atomic E-state index is 6.48. The number of para-hydroxylation sites is 1. The largest absolute Gasteiger partial charge is 0.497 e. The zero-order chi connectivity index (χ0) is 31.7. The third-order valence-electron chi connectivity index (χ3n) is 8.40. The molecule has 7 nitrogen and oxygen atoms in total. The number of methoxy groups -OCH3 is 1. The topological polar surface area (TPSA) is 68.4 Å². The fourth-order valence-corrected chi connectivity index (χ4v) is 6.24. The number of hydrazone groups is 1. The number of ether oxygens (including phenoxy) is 1. The van der Waals surface area contributed by atoms with Gasteiger partial charge >= 0.3 is 0 Å². The van der Waals surface area contributed by atoms with E-state index in [1.807, 2.05) is 107 Å². The molecular formula is C39H29ClN6O. The molecule has 0 saturated carbocycles. The summed E-state index contributed by atoms with van der Waals surface area (Å²) in [5.41, 5.74) is 8.38. The van der Waals surface area contributed by atoms with Gasteiger partial charge in [0.1, 0.15) is 5.75 Å². The molecule has 8 rings (SSSR count). The predicted octanol–water partition coefficient (Wildman–Crippen LogP) is 9.17. The van der Waals surface area contributed by atoms with Crippen molar-refractivity contribution >= 4 is 34.2 Å². The van der Waals surface area contributed by atoms with Crippen LogP contribution in [0, 0.1) is 0 Å². The molecule has 1 aliphatic rings. The van der Waals surface area contributed by atoms with Crippen LogP contribution in [-0.2, 0) is 0 Å². The van der Waals surface area contributed by atoms with E-state index < -0.39 is 0 Å². The summed E-state index contributed by atoms with van der Waals surface area (Å²) in [7, 11) is 1.67. The maximum Gasteiger partial charge on any atom is 0.247 e. The molecule has 47 heavy (non-hydrogen) atoms. The first kappa shape index (κ1) is 28.7. The van der Waals surface area contributed by atoms with E-state index in [9.17, 15) is 0 Å². The van der Waals surface area contributed by atoms with Crippen molar-refractivity contribution in [3.05, 3.63) is 156 Å². The first-order valence-electron chi connectivity index (χ1n) is 15.4. The monoisotopic (exact) mass is 632 g/mol. The molecule has 228 valence electrons. The number of halogens is 1. The van der Waals surface area contributed by atoms with Gasteiger partial charge in [0.05, 0.1) is 41.5 Å². The number of aromatic nitrogens is 4. The first-order valence-corrected chi connectivity index (χ1v) is 15.8. The van der Waals surface area contributed by atoms with Gasteiger partial charge in [-0.3, -0.25) is 0 Å². The summed E-state index contributed by atoms with van der Waals surface area (Å²) in [4.78, 5) is 10.3. The third kappa shape index (κ3) is 5.51. The first-order chi connectivity index (χ1) is 23.1. The van der Waals surface area contributed by atoms with Crippen LogP contribution in [0.4, 0.5) is 5.95 Å². The van der Waals surface area contributed by atoms with Crippen molar-refractivity contribution in [3.8, 4) is 34.0 Å². The molecule has 0 saturated heterocycles. The molecule has 7 aromatic rings. The minimum atomic E-state index is -0.242. The highest BCUT2D eigenvalue weighted by molar-refractivity contribution is 6.31. The molecule has 2 aromatic heterocycles. The van der Waals surface area contributed by atoms with E-state index in [1.165, 1.54) is 0 Å². The molecule has 0 radical (unpaired) electrons. The molecule has 5 aromatic carbocycles. The summed E-state index contributed by atoms with van der Waals surface area (Å²) in [6.07, 6.45) is 2.73. The number of nitrogens with zero attached hydrogens (tertiary/aromatic N) is 6. The van der Waals surface area contributed by atoms with Gasteiger partial charge in [0.15, 0.2) is 0 Å². The minimum Gasteiger partial charge on any atom is -0.497 e. The van der Waals surface area contributed by atoms with Gasteiger partial charge in [-0.1, -0.05) is 90.5 Å². The van der Waals surface area contributed by atoms with Crippen molar-refractivity contribution in [1.29, 1.82) is 0 Å². The van der Waals surface area contributed by atoms with Gasteiger partial charge in [0, 0.05) is 39.7 Å². The van der Waals surface area contributed by atoms with Gasteiger partial charge in [0.25, 0.3) is 0 Å². The van der Waals surface area contributed by atoms with Gasteiger partial charge < -0.3 is 4.74 Å². The maximum absolute atomic E-state index is 6.48. The average molecular weight is 633 g/mol. The normalized spacial score (nSPS) is 14.4. The van der Waals surface area contributed by atoms with E-state index in [2.05, 4.69) is 42.6 Å². The standard InChI is InChI=1S/C39H29ClN6O/c1-47-31-20-17-26(18-21-31)35-24-36(33-25-45(30-15-9-4-10-16-30)44-38(33)28-13-7-3-8-14-28)46(43-35)39-41-34-22-19-29(40)23-32(34)37(42-39)27-11-5-2-6-12-27/h2-23,25,36H,24H2,1H3/t36-/m0/s1. The quantitative estimate of drug-likeness (QED) is 0.175. The van der Waals surface area contributed by atoms with Gasteiger partial charge in [0.2, 0.25) is 5.95 Å². The van der Waals surface area contributed by atoms with Crippen LogP contribution in [0.15, 0.2) is 145 Å². The highest BCUT2D eigenvalue weighted by Gasteiger charge is 2.35. The molecule has 0 spiro atoms. The molecule has 0 bridgehead atoms. The van der Waals surface area contributed by atoms with E-state index in [0.717, 1.165) is 61.7 Å². The molecule has 1 atom stereocenters. The van der Waals surface area contributed by atoms with Gasteiger partial charge in [-0.05, 0) is 60.2 Å². The van der Waals surface area contributed by atoms with Crippen LogP contribution < -0.4 is 9.75 Å². The van der Waals surface area contributed by atoms with Crippen LogP contribution in [0.5, 0.6) is 5.75 Å². The summed E-state index contributed by atoms with van der Waals surface area (Å²) < 4.78 is 7.38. The van der Waals surface area contributed by atoms with E-state index in [-0.39, 0.29) is 6.04 Å². The Morgan fingerprint density at radius 1 is 0.702 bits per heavy atom. The lowest BCUT2D eigenvalue weighted by molar-refractivity contribution is 0.415. The summed E-state index contributed by atoms with van der Waals surface area (Å²) >= 11 is 6.48. The Bertz CT molecular complexity index is 2220. The average Bonchev–Trinajstić information content (AvgIpc) is 3.78. The second-order valence-electron chi connectivity index (χ2n) is 11.3. The van der Waals surface area contributed by atoms with Crippen LogP contribution in [0.25, 0.3) is 39.1 Å². The van der Waals surface area contributed by atoms with Crippen molar-refractivity contribution < 1.29 is 4.74 Å². The molecule has 0 aliphatic carbocycles. The summed E-state index contributed by atoms with van der Waals surface area (Å²) in [5.74, 6) is 1.29. The zero-order valence-corrected chi connectivity index (χ0v) is 26.3. The number of hydrogen-bond donors (Lipinski definition) is 0. The lowest BCUT2D eigenvalue weighted by Crippen LogP contribution is -2.21. The molecule has 3 heterocycles. The second kappa shape index (κ2) is 12.2. The number of benzene rings is 5. The lowest BCUT2D eigenvalue weighted by Gasteiger charge is -2.23. The van der Waals surface area contributed by atoms with Crippen LogP contribution >= 0.6 is 11.6 Å². The molecule has 0 N–H and O–H groups in total. The summed E-state index contributed by atoms with van der Waals surface area (Å²) in [5, 5.41) is 13.8.